The summed E-state index contributed by atoms with van der Waals surface area (Å²) in [5.41, 5.74) is 0. The molecule has 0 aliphatic heterocycles. The molecule has 0 saturated heterocycles. The highest BCUT2D eigenvalue weighted by molar-refractivity contribution is 2.48. The van der Waals surface area contributed by atoms with Gasteiger partial charge in [-0.1, -0.05) is 0 Å². The lowest BCUT2D eigenvalue weighted by atomic mass is 15.0. The second-order valence-corrected chi connectivity index (χ2v) is 3.00. The Labute approximate surface area is 39.4 Å². The number of rotatable bonds is 1. The molecular weight excluding hydrogens is 207 g/mol. The molecule has 0 spiro atoms. The molecule has 0 aromatic rings. The van der Waals surface area contributed by atoms with Gasteiger partial charge < -0.3 is 0 Å². The van der Waals surface area contributed by atoms with Crippen molar-refractivity contribution in [3.63, 3.8) is 0 Å². The fourth-order valence-electron chi connectivity index (χ4n) is 0. The fraction of sp³-hybridized carbons (Fsp3) is 0. The molecule has 6 heavy (non-hydrogen) atoms. The van der Waals surface area contributed by atoms with Crippen LogP contribution in [-0.4, -0.2) is 5.26 Å². The van der Waals surface area contributed by atoms with Crippen molar-refractivity contribution in [2.24, 2.45) is 0 Å². The molecule has 0 radical (unpaired) electrons. The van der Waals surface area contributed by atoms with Crippen LogP contribution >= 0.6 is 0 Å². The summed E-state index contributed by atoms with van der Waals surface area (Å²) in [5.74, 6) is 0. The minimum absolute atomic E-state index is 2.45. The molecule has 0 unspecified atom stereocenters. The van der Waals surface area contributed by atoms with Crippen LogP contribution in [0.1, 0.15) is 0 Å². The van der Waals surface area contributed by atoms with Crippen molar-refractivity contribution in [3.05, 3.63) is 0 Å². The molecule has 0 saturated carbocycles. The number of halogens is 1. The van der Waals surface area contributed by atoms with E-state index in [9.17, 15) is 0 Å². The van der Waals surface area contributed by atoms with Crippen LogP contribution in [0.2, 0.25) is 0 Å². The monoisotopic (exact) mass is 208 g/mol. The van der Waals surface area contributed by atoms with E-state index in [1.165, 1.54) is 0 Å². The summed E-state index contributed by atoms with van der Waals surface area (Å²) < 4.78 is 29.7. The first-order valence-corrected chi connectivity index (χ1v) is 4.32. The molecule has 6 heteroatoms. The van der Waals surface area contributed by atoms with Crippen LogP contribution in [0.5, 0.6) is 0 Å². The largest absolute Gasteiger partial charge is 0.422 e. The lowest BCUT2D eigenvalue weighted by Gasteiger charge is -1.96. The summed E-state index contributed by atoms with van der Waals surface area (Å²) in [4.78, 5) is 0. The summed E-state index contributed by atoms with van der Waals surface area (Å²) in [6, 6.07) is 0. The molecule has 0 aromatic carbocycles. The van der Waals surface area contributed by atoms with Gasteiger partial charge in [-0.25, -0.2) is 0 Å². The summed E-state index contributed by atoms with van der Waals surface area (Å²) >= 11 is -5.67. The van der Waals surface area contributed by atoms with Crippen molar-refractivity contribution in [3.8, 4) is 0 Å². The smallest absolute Gasteiger partial charge is 0.253 e. The zero-order valence-electron chi connectivity index (χ0n) is 2.46. The van der Waals surface area contributed by atoms with E-state index in [4.69, 9.17) is 15.6 Å². The second kappa shape index (κ2) is 2.00. The average molecular weight is 208 g/mol. The first-order chi connectivity index (χ1) is 2.56. The highest BCUT2D eigenvalue weighted by atomic mass is 127. The van der Waals surface area contributed by atoms with E-state index in [0.717, 1.165) is 0 Å². The Kier molecular flexibility index (Phi) is 2.18. The van der Waals surface area contributed by atoms with Gasteiger partial charge in [0.25, 0.3) is 0 Å². The standard InChI is InChI=1S/HIO5/c2-1(3,4)6-5/h5H. The third-order valence-electron chi connectivity index (χ3n) is 0.0845. The number of hydrogen-bond acceptors (Lipinski definition) is 5. The van der Waals surface area contributed by atoms with E-state index >= 15 is 0 Å². The van der Waals surface area contributed by atoms with E-state index in [0.29, 0.717) is 0 Å². The van der Waals surface area contributed by atoms with Crippen LogP contribution in [0.25, 0.3) is 0 Å². The molecular formula is HIO5. The predicted octanol–water partition coefficient (Wildman–Crippen LogP) is -6.62. The van der Waals surface area contributed by atoms with Crippen LogP contribution in [0.15, 0.2) is 0 Å². The zero-order valence-corrected chi connectivity index (χ0v) is 4.62. The molecule has 0 aromatic heterocycles. The molecule has 0 heterocycles. The first-order valence-electron chi connectivity index (χ1n) is 0.800. The van der Waals surface area contributed by atoms with Crippen LogP contribution in [0, 0.1) is 0 Å². The summed E-state index contributed by atoms with van der Waals surface area (Å²) in [7, 11) is 0. The van der Waals surface area contributed by atoms with Crippen LogP contribution in [0.4, 0.5) is 0 Å². The summed E-state index contributed by atoms with van der Waals surface area (Å²) in [5, 5.41) is 7.05. The van der Waals surface area contributed by atoms with E-state index < -0.39 is 20.1 Å². The Balaban J connectivity index is 3.17. The summed E-state index contributed by atoms with van der Waals surface area (Å²) in [6.45, 7) is 0. The molecule has 1 N–H and O–H groups in total. The first kappa shape index (κ1) is 6.53. The van der Waals surface area contributed by atoms with Crippen molar-refractivity contribution in [1.29, 1.82) is 0 Å². The fourth-order valence-corrected chi connectivity index (χ4v) is 0. The van der Waals surface area contributed by atoms with E-state index in [2.05, 4.69) is 3.22 Å². The quantitative estimate of drug-likeness (QED) is 0.262. The molecule has 0 aliphatic carbocycles. The van der Waals surface area contributed by atoms with Gasteiger partial charge in [0.2, 0.25) is 3.22 Å². The molecule has 0 bridgehead atoms. The lowest BCUT2D eigenvalue weighted by molar-refractivity contribution is -1.93. The van der Waals surface area contributed by atoms with Gasteiger partial charge in [-0.2, -0.15) is 0 Å². The van der Waals surface area contributed by atoms with Gasteiger partial charge in [-0.05, 0) is 0 Å². The van der Waals surface area contributed by atoms with E-state index in [1.807, 2.05) is 0 Å². The average Bonchev–Trinajstić information content (AvgIpc) is 1.35. The van der Waals surface area contributed by atoms with Gasteiger partial charge >= 0.3 is 20.1 Å². The minimum Gasteiger partial charge on any atom is -0.253 e. The maximum atomic E-state index is 9.07. The third-order valence-corrected chi connectivity index (χ3v) is 0.567. The van der Waals surface area contributed by atoms with E-state index in [-0.39, 0.29) is 0 Å². The molecule has 0 fully saturated rings. The minimum atomic E-state index is -5.67. The Morgan fingerprint density at radius 2 is 1.50 bits per heavy atom. The Morgan fingerprint density at radius 1 is 1.33 bits per heavy atom. The maximum absolute atomic E-state index is 9.07. The molecule has 38 valence electrons. The maximum Gasteiger partial charge on any atom is 0.422 e. The van der Waals surface area contributed by atoms with Crippen LogP contribution < -0.4 is 30.4 Å². The number of hydrogen-bond donors (Lipinski definition) is 1. The van der Waals surface area contributed by atoms with Gasteiger partial charge in [-0.3, -0.25) is 10.3 Å². The SMILES string of the molecule is [O-][I+3]([O-])([O-])OO. The van der Waals surface area contributed by atoms with Gasteiger partial charge in [0.1, 0.15) is 0 Å². The highest BCUT2D eigenvalue weighted by Crippen LogP contribution is 1.05. The zero-order chi connectivity index (χ0) is 5.21. The summed E-state index contributed by atoms with van der Waals surface area (Å²) in [6.07, 6.45) is 0. The molecule has 0 amide bonds. The molecule has 0 atom stereocenters. The molecule has 0 aliphatic rings. The van der Waals surface area contributed by atoms with Gasteiger partial charge in [0.05, 0.1) is 0 Å². The lowest BCUT2D eigenvalue weighted by Crippen LogP contribution is -4.24. The highest BCUT2D eigenvalue weighted by Gasteiger charge is 2.25. The van der Waals surface area contributed by atoms with Crippen molar-refractivity contribution >= 4 is 0 Å². The van der Waals surface area contributed by atoms with Gasteiger partial charge in [-0.15, -0.1) is 5.26 Å². The third kappa shape index (κ3) is 4.53. The van der Waals surface area contributed by atoms with Crippen LogP contribution in [0.3, 0.4) is 0 Å². The van der Waals surface area contributed by atoms with Crippen molar-refractivity contribution in [2.75, 3.05) is 0 Å². The Bertz CT molecular complexity index is 33.7. The Morgan fingerprint density at radius 3 is 1.50 bits per heavy atom. The van der Waals surface area contributed by atoms with Gasteiger partial charge in [0, 0.05) is 0 Å². The van der Waals surface area contributed by atoms with Gasteiger partial charge in [0.15, 0.2) is 0 Å². The normalized spacial score (nSPS) is 12.0. The molecule has 0 rings (SSSR count). The van der Waals surface area contributed by atoms with Crippen LogP contribution in [-0.2, 0) is 3.22 Å². The van der Waals surface area contributed by atoms with Crippen molar-refractivity contribution in [1.82, 2.24) is 0 Å². The van der Waals surface area contributed by atoms with Crippen molar-refractivity contribution < 1.29 is 38.9 Å². The topological polar surface area (TPSA) is 98.6 Å². The Hall–Kier alpha value is 0.530. The predicted molar refractivity (Wildman–Crippen MR) is 3.71 cm³/mol. The second-order valence-electron chi connectivity index (χ2n) is 0.447. The van der Waals surface area contributed by atoms with Crippen molar-refractivity contribution in [2.45, 2.75) is 0 Å². The molecule has 5 nitrogen and oxygen atoms in total. The van der Waals surface area contributed by atoms with E-state index in [1.54, 1.807) is 0 Å².